The first-order chi connectivity index (χ1) is 23.3. The van der Waals surface area contributed by atoms with E-state index in [1.807, 2.05) is 12.1 Å². The van der Waals surface area contributed by atoms with Gasteiger partial charge in [0.1, 0.15) is 11.2 Å². The zero-order valence-corrected chi connectivity index (χ0v) is 25.3. The van der Waals surface area contributed by atoms with Crippen molar-refractivity contribution in [3.05, 3.63) is 158 Å². The molecule has 0 atom stereocenters. The summed E-state index contributed by atoms with van der Waals surface area (Å²) in [7, 11) is 0. The molecule has 0 unspecified atom stereocenters. The quantitative estimate of drug-likeness (QED) is 0.186. The third kappa shape index (κ3) is 3.35. The van der Waals surface area contributed by atoms with Gasteiger partial charge in [0.15, 0.2) is 0 Å². The molecule has 0 aliphatic carbocycles. The second kappa shape index (κ2) is 9.12. The number of benzene rings is 8. The van der Waals surface area contributed by atoms with E-state index in [4.69, 9.17) is 4.42 Å². The molecular weight excluding hydrogens is 572 g/mol. The molecular formula is C44H26N2O. The molecule has 11 aromatic rings. The fourth-order valence-corrected chi connectivity index (χ4v) is 8.07. The molecule has 11 rings (SSSR count). The van der Waals surface area contributed by atoms with E-state index >= 15 is 0 Å². The average molecular weight is 599 g/mol. The molecule has 0 bridgehead atoms. The zero-order valence-electron chi connectivity index (χ0n) is 25.3. The highest BCUT2D eigenvalue weighted by molar-refractivity contribution is 6.27. The number of para-hydroxylation sites is 3. The van der Waals surface area contributed by atoms with Crippen molar-refractivity contribution >= 4 is 76.3 Å². The third-order valence-electron chi connectivity index (χ3n) is 10.1. The predicted octanol–water partition coefficient (Wildman–Crippen LogP) is 12.0. The molecule has 0 spiro atoms. The molecule has 0 fully saturated rings. The summed E-state index contributed by atoms with van der Waals surface area (Å²) in [6, 6.07) is 57.1. The molecule has 3 heterocycles. The minimum atomic E-state index is 0.911. The number of hydrogen-bond donors (Lipinski definition) is 0. The molecule has 0 saturated carbocycles. The standard InChI is InChI=1S/C44H26N2O/c1-2-10-29(11-3-1)45-37-14-6-4-12-32(37)35-25-28(18-22-38(35)45)31-21-23-40-44-34(31)20-17-27-9-8-15-39(43(27)44)46(40)30-19-24-42-36(26-30)33-13-5-7-16-41(33)47-42/h1-26H. The highest BCUT2D eigenvalue weighted by Crippen LogP contribution is 2.44. The summed E-state index contributed by atoms with van der Waals surface area (Å²) in [6.45, 7) is 0. The van der Waals surface area contributed by atoms with E-state index in [-0.39, 0.29) is 0 Å². The second-order valence-electron chi connectivity index (χ2n) is 12.5. The van der Waals surface area contributed by atoms with Crippen molar-refractivity contribution in [3.8, 4) is 22.5 Å². The maximum Gasteiger partial charge on any atom is 0.135 e. The lowest BCUT2D eigenvalue weighted by Crippen LogP contribution is -1.93. The molecule has 0 N–H and O–H groups in total. The van der Waals surface area contributed by atoms with Crippen LogP contribution in [0.15, 0.2) is 162 Å². The Kier molecular flexibility index (Phi) is 4.84. The molecule has 3 nitrogen and oxygen atoms in total. The monoisotopic (exact) mass is 598 g/mol. The van der Waals surface area contributed by atoms with Crippen molar-refractivity contribution < 1.29 is 4.42 Å². The van der Waals surface area contributed by atoms with Crippen molar-refractivity contribution in [2.24, 2.45) is 0 Å². The minimum Gasteiger partial charge on any atom is -0.456 e. The van der Waals surface area contributed by atoms with Gasteiger partial charge in [0, 0.05) is 43.7 Å². The first-order valence-electron chi connectivity index (χ1n) is 16.1. The molecule has 218 valence electrons. The smallest absolute Gasteiger partial charge is 0.135 e. The number of furan rings is 1. The van der Waals surface area contributed by atoms with Gasteiger partial charge in [0.2, 0.25) is 0 Å². The van der Waals surface area contributed by atoms with Crippen LogP contribution in [0.1, 0.15) is 0 Å². The van der Waals surface area contributed by atoms with Crippen LogP contribution in [0.4, 0.5) is 0 Å². The maximum atomic E-state index is 6.18. The van der Waals surface area contributed by atoms with Gasteiger partial charge < -0.3 is 13.6 Å². The van der Waals surface area contributed by atoms with Gasteiger partial charge in [-0.25, -0.2) is 0 Å². The molecule has 3 aromatic heterocycles. The summed E-state index contributed by atoms with van der Waals surface area (Å²) in [4.78, 5) is 0. The molecule has 0 radical (unpaired) electrons. The summed E-state index contributed by atoms with van der Waals surface area (Å²) in [6.07, 6.45) is 0. The van der Waals surface area contributed by atoms with Crippen LogP contribution >= 0.6 is 0 Å². The van der Waals surface area contributed by atoms with Gasteiger partial charge in [0.05, 0.1) is 22.1 Å². The van der Waals surface area contributed by atoms with Gasteiger partial charge >= 0.3 is 0 Å². The Labute approximate surface area is 269 Å². The van der Waals surface area contributed by atoms with Crippen molar-refractivity contribution in [1.29, 1.82) is 0 Å². The maximum absolute atomic E-state index is 6.18. The van der Waals surface area contributed by atoms with Crippen LogP contribution < -0.4 is 0 Å². The Bertz CT molecular complexity index is 3010. The fourth-order valence-electron chi connectivity index (χ4n) is 8.07. The van der Waals surface area contributed by atoms with Gasteiger partial charge in [-0.3, -0.25) is 0 Å². The third-order valence-corrected chi connectivity index (χ3v) is 10.1. The van der Waals surface area contributed by atoms with Crippen LogP contribution in [0.5, 0.6) is 0 Å². The normalized spacial score (nSPS) is 12.3. The highest BCUT2D eigenvalue weighted by atomic mass is 16.3. The fraction of sp³-hybridized carbons (Fsp3) is 0. The highest BCUT2D eigenvalue weighted by Gasteiger charge is 2.20. The number of hydrogen-bond acceptors (Lipinski definition) is 1. The Morgan fingerprint density at radius 1 is 0.362 bits per heavy atom. The van der Waals surface area contributed by atoms with Crippen LogP contribution in [-0.4, -0.2) is 9.13 Å². The van der Waals surface area contributed by atoms with E-state index in [0.717, 1.165) is 27.6 Å². The lowest BCUT2D eigenvalue weighted by molar-refractivity contribution is 0.669. The van der Waals surface area contributed by atoms with Crippen molar-refractivity contribution in [2.75, 3.05) is 0 Å². The summed E-state index contributed by atoms with van der Waals surface area (Å²) >= 11 is 0. The summed E-state index contributed by atoms with van der Waals surface area (Å²) < 4.78 is 11.0. The molecule has 0 aliphatic rings. The van der Waals surface area contributed by atoms with Gasteiger partial charge in [0.25, 0.3) is 0 Å². The first-order valence-corrected chi connectivity index (χ1v) is 16.1. The number of rotatable bonds is 3. The van der Waals surface area contributed by atoms with E-state index in [1.54, 1.807) is 0 Å². The van der Waals surface area contributed by atoms with Gasteiger partial charge in [-0.15, -0.1) is 0 Å². The van der Waals surface area contributed by atoms with Gasteiger partial charge in [-0.1, -0.05) is 91.0 Å². The lowest BCUT2D eigenvalue weighted by atomic mass is 9.94. The Balaban J connectivity index is 1.17. The van der Waals surface area contributed by atoms with Crippen molar-refractivity contribution in [1.82, 2.24) is 9.13 Å². The molecule has 0 saturated heterocycles. The predicted molar refractivity (Wildman–Crippen MR) is 197 cm³/mol. The Morgan fingerprint density at radius 3 is 2.02 bits per heavy atom. The minimum absolute atomic E-state index is 0.911. The van der Waals surface area contributed by atoms with E-state index in [1.165, 1.54) is 71.2 Å². The molecule has 0 amide bonds. The number of aromatic nitrogens is 2. The summed E-state index contributed by atoms with van der Waals surface area (Å²) in [5.74, 6) is 0. The van der Waals surface area contributed by atoms with Crippen LogP contribution in [0.2, 0.25) is 0 Å². The van der Waals surface area contributed by atoms with Gasteiger partial charge in [-0.05, 0) is 88.6 Å². The molecule has 8 aromatic carbocycles. The van der Waals surface area contributed by atoms with E-state index in [9.17, 15) is 0 Å². The van der Waals surface area contributed by atoms with E-state index < -0.39 is 0 Å². The Morgan fingerprint density at radius 2 is 1.09 bits per heavy atom. The van der Waals surface area contributed by atoms with E-state index in [0.29, 0.717) is 0 Å². The zero-order chi connectivity index (χ0) is 30.6. The van der Waals surface area contributed by atoms with Crippen molar-refractivity contribution in [3.63, 3.8) is 0 Å². The number of fused-ring (bicyclic) bond motifs is 6. The molecule has 0 aliphatic heterocycles. The van der Waals surface area contributed by atoms with E-state index in [2.05, 4.69) is 155 Å². The summed E-state index contributed by atoms with van der Waals surface area (Å²) in [5, 5.41) is 9.94. The van der Waals surface area contributed by atoms with Crippen LogP contribution in [0.3, 0.4) is 0 Å². The van der Waals surface area contributed by atoms with Crippen LogP contribution in [0.25, 0.3) is 98.8 Å². The summed E-state index contributed by atoms with van der Waals surface area (Å²) in [5.41, 5.74) is 11.5. The van der Waals surface area contributed by atoms with Gasteiger partial charge in [-0.2, -0.15) is 0 Å². The van der Waals surface area contributed by atoms with Crippen LogP contribution in [0, 0.1) is 0 Å². The largest absolute Gasteiger partial charge is 0.456 e. The topological polar surface area (TPSA) is 23.0 Å². The molecule has 47 heavy (non-hydrogen) atoms. The average Bonchev–Trinajstić information content (AvgIpc) is 3.79. The van der Waals surface area contributed by atoms with Crippen molar-refractivity contribution in [2.45, 2.75) is 0 Å². The SMILES string of the molecule is c1ccc(-n2c3ccccc3c3cc(-c4ccc5c6c4ccc4cccc(c46)n5-c4ccc5oc6ccccc6c5c4)ccc32)cc1. The first kappa shape index (κ1) is 24.9. The second-order valence-corrected chi connectivity index (χ2v) is 12.5. The lowest BCUT2D eigenvalue weighted by Gasteiger charge is -2.11. The van der Waals surface area contributed by atoms with Crippen LogP contribution in [-0.2, 0) is 0 Å². The molecule has 3 heteroatoms. The number of nitrogens with zero attached hydrogens (tertiary/aromatic N) is 2. The Hall–Kier alpha value is -6.32.